The molecule has 1 atom stereocenters. The van der Waals surface area contributed by atoms with Crippen LogP contribution in [0.2, 0.25) is 0 Å². The second-order valence-corrected chi connectivity index (χ2v) is 10.2. The van der Waals surface area contributed by atoms with Crippen molar-refractivity contribution in [2.75, 3.05) is 24.2 Å². The number of benzene rings is 2. The van der Waals surface area contributed by atoms with Crippen LogP contribution in [0.1, 0.15) is 42.9 Å². The summed E-state index contributed by atoms with van der Waals surface area (Å²) in [5, 5.41) is 2.65. The Balaban J connectivity index is 2.18. The van der Waals surface area contributed by atoms with Crippen molar-refractivity contribution >= 4 is 27.5 Å². The molecular formula is C25H35N3O4S. The summed E-state index contributed by atoms with van der Waals surface area (Å²) in [6.07, 6.45) is 2.12. The predicted octanol–water partition coefficient (Wildman–Crippen LogP) is 3.40. The Morgan fingerprint density at radius 3 is 2.24 bits per heavy atom. The van der Waals surface area contributed by atoms with E-state index in [1.54, 1.807) is 24.1 Å². The summed E-state index contributed by atoms with van der Waals surface area (Å²) in [4.78, 5) is 27.3. The van der Waals surface area contributed by atoms with Gasteiger partial charge in [-0.2, -0.15) is 0 Å². The first-order valence-corrected chi connectivity index (χ1v) is 13.0. The van der Waals surface area contributed by atoms with Gasteiger partial charge in [0.05, 0.1) is 11.9 Å². The molecule has 0 bridgehead atoms. The second-order valence-electron chi connectivity index (χ2n) is 8.32. The van der Waals surface area contributed by atoms with Crippen molar-refractivity contribution in [2.24, 2.45) is 0 Å². The summed E-state index contributed by atoms with van der Waals surface area (Å²) in [6, 6.07) is 14.5. The van der Waals surface area contributed by atoms with Crippen molar-refractivity contribution in [3.05, 3.63) is 65.2 Å². The largest absolute Gasteiger partial charge is 0.357 e. The summed E-state index contributed by atoms with van der Waals surface area (Å²) < 4.78 is 26.0. The number of likely N-dealkylation sites (N-methyl/N-ethyl adjacent to an activating group) is 1. The lowest BCUT2D eigenvalue weighted by atomic mass is 10.1. The van der Waals surface area contributed by atoms with Gasteiger partial charge in [-0.05, 0) is 44.4 Å². The number of carbonyl (C=O) groups excluding carboxylic acids is 2. The molecule has 33 heavy (non-hydrogen) atoms. The molecule has 0 heterocycles. The Kier molecular flexibility index (Phi) is 9.46. The van der Waals surface area contributed by atoms with E-state index in [0.717, 1.165) is 22.9 Å². The zero-order valence-electron chi connectivity index (χ0n) is 20.2. The topological polar surface area (TPSA) is 86.8 Å². The van der Waals surface area contributed by atoms with Gasteiger partial charge in [-0.15, -0.1) is 0 Å². The van der Waals surface area contributed by atoms with Gasteiger partial charge >= 0.3 is 0 Å². The first kappa shape index (κ1) is 26.4. The Hall–Kier alpha value is -2.87. The van der Waals surface area contributed by atoms with Crippen LogP contribution in [0.4, 0.5) is 5.69 Å². The second kappa shape index (κ2) is 11.8. The van der Waals surface area contributed by atoms with E-state index >= 15 is 0 Å². The van der Waals surface area contributed by atoms with E-state index < -0.39 is 16.1 Å². The van der Waals surface area contributed by atoms with Crippen molar-refractivity contribution in [3.8, 4) is 0 Å². The van der Waals surface area contributed by atoms with Crippen LogP contribution in [0.15, 0.2) is 48.5 Å². The minimum atomic E-state index is -3.50. The minimum absolute atomic E-state index is 0.136. The summed E-state index contributed by atoms with van der Waals surface area (Å²) in [7, 11) is -1.94. The van der Waals surface area contributed by atoms with Crippen LogP contribution in [0.3, 0.4) is 0 Å². The molecule has 0 fully saturated rings. The van der Waals surface area contributed by atoms with Gasteiger partial charge in [-0.1, -0.05) is 54.4 Å². The summed E-state index contributed by atoms with van der Waals surface area (Å²) in [6.45, 7) is 6.30. The highest BCUT2D eigenvalue weighted by Gasteiger charge is 2.28. The smallest absolute Gasteiger partial charge is 0.242 e. The van der Waals surface area contributed by atoms with Crippen LogP contribution in [0.25, 0.3) is 0 Å². The van der Waals surface area contributed by atoms with Gasteiger partial charge in [0.2, 0.25) is 21.8 Å². The number of hydrogen-bond acceptors (Lipinski definition) is 4. The van der Waals surface area contributed by atoms with Gasteiger partial charge in [-0.3, -0.25) is 13.9 Å². The molecule has 1 N–H and O–H groups in total. The molecule has 2 rings (SSSR count). The zero-order chi connectivity index (χ0) is 24.6. The lowest BCUT2D eigenvalue weighted by molar-refractivity contribution is -0.141. The molecule has 180 valence electrons. The lowest BCUT2D eigenvalue weighted by Gasteiger charge is -2.31. The molecule has 0 saturated heterocycles. The zero-order valence-corrected chi connectivity index (χ0v) is 21.0. The van der Waals surface area contributed by atoms with Crippen molar-refractivity contribution in [3.63, 3.8) is 0 Å². The molecule has 0 aliphatic carbocycles. The number of sulfonamides is 1. The molecule has 0 aliphatic rings. The van der Waals surface area contributed by atoms with Crippen LogP contribution in [-0.4, -0.2) is 51.0 Å². The van der Waals surface area contributed by atoms with Crippen molar-refractivity contribution < 1.29 is 18.0 Å². The van der Waals surface area contributed by atoms with E-state index in [4.69, 9.17) is 0 Å². The van der Waals surface area contributed by atoms with E-state index in [0.29, 0.717) is 25.1 Å². The van der Waals surface area contributed by atoms with E-state index in [1.165, 1.54) is 4.31 Å². The standard InChI is InChI=1S/C25H35N3O4S/c1-6-23(25(30)26-4)27(18-21-10-7-9-20(3)17-21)24(29)11-8-16-28(33(5,31)32)22-14-12-19(2)13-15-22/h7,9-10,12-15,17,23H,6,8,11,16,18H2,1-5H3,(H,26,30)/t23-/m0/s1. The summed E-state index contributed by atoms with van der Waals surface area (Å²) >= 11 is 0. The number of nitrogens with one attached hydrogen (secondary N) is 1. The fourth-order valence-corrected chi connectivity index (χ4v) is 4.77. The third kappa shape index (κ3) is 7.60. The molecule has 0 unspecified atom stereocenters. The minimum Gasteiger partial charge on any atom is -0.357 e. The van der Waals surface area contributed by atoms with E-state index in [9.17, 15) is 18.0 Å². The number of hydrogen-bond donors (Lipinski definition) is 1. The number of anilines is 1. The number of carbonyl (C=O) groups is 2. The SMILES string of the molecule is CC[C@@H](C(=O)NC)N(Cc1cccc(C)c1)C(=O)CCCN(c1ccc(C)cc1)S(C)(=O)=O. The fraction of sp³-hybridized carbons (Fsp3) is 0.440. The highest BCUT2D eigenvalue weighted by Crippen LogP contribution is 2.20. The van der Waals surface area contributed by atoms with Gasteiger partial charge in [0, 0.05) is 26.6 Å². The van der Waals surface area contributed by atoms with Gasteiger partial charge in [0.1, 0.15) is 6.04 Å². The maximum Gasteiger partial charge on any atom is 0.242 e. The molecular weight excluding hydrogens is 438 g/mol. The fourth-order valence-electron chi connectivity index (χ4n) is 3.81. The van der Waals surface area contributed by atoms with E-state index in [1.807, 2.05) is 57.2 Å². The first-order chi connectivity index (χ1) is 15.6. The Labute approximate surface area is 197 Å². The average molecular weight is 474 g/mol. The summed E-state index contributed by atoms with van der Waals surface area (Å²) in [5.41, 5.74) is 3.64. The quantitative estimate of drug-likeness (QED) is 0.542. The highest BCUT2D eigenvalue weighted by atomic mass is 32.2. The maximum absolute atomic E-state index is 13.2. The molecule has 0 aliphatic heterocycles. The van der Waals surface area contributed by atoms with Crippen molar-refractivity contribution in [2.45, 2.75) is 52.6 Å². The molecule has 0 saturated carbocycles. The molecule has 2 aromatic carbocycles. The van der Waals surface area contributed by atoms with Crippen molar-refractivity contribution in [1.82, 2.24) is 10.2 Å². The first-order valence-electron chi connectivity index (χ1n) is 11.2. The van der Waals surface area contributed by atoms with Crippen LogP contribution >= 0.6 is 0 Å². The van der Waals surface area contributed by atoms with Gasteiger partial charge in [0.15, 0.2) is 0 Å². The average Bonchev–Trinajstić information content (AvgIpc) is 2.76. The third-order valence-electron chi connectivity index (χ3n) is 5.54. The number of rotatable bonds is 11. The van der Waals surface area contributed by atoms with E-state index in [-0.39, 0.29) is 24.8 Å². The number of nitrogens with zero attached hydrogens (tertiary/aromatic N) is 2. The van der Waals surface area contributed by atoms with Gasteiger partial charge < -0.3 is 10.2 Å². The van der Waals surface area contributed by atoms with Gasteiger partial charge in [-0.25, -0.2) is 8.42 Å². The highest BCUT2D eigenvalue weighted by molar-refractivity contribution is 7.92. The number of aryl methyl sites for hydroxylation is 2. The normalized spacial score (nSPS) is 12.2. The summed E-state index contributed by atoms with van der Waals surface area (Å²) in [5.74, 6) is -0.389. The van der Waals surface area contributed by atoms with Crippen molar-refractivity contribution in [1.29, 1.82) is 0 Å². The number of amides is 2. The van der Waals surface area contributed by atoms with E-state index in [2.05, 4.69) is 5.32 Å². The van der Waals surface area contributed by atoms with Crippen LogP contribution in [0, 0.1) is 13.8 Å². The predicted molar refractivity (Wildman–Crippen MR) is 132 cm³/mol. The van der Waals surface area contributed by atoms with Crippen LogP contribution in [-0.2, 0) is 26.2 Å². The van der Waals surface area contributed by atoms with Crippen LogP contribution < -0.4 is 9.62 Å². The molecule has 0 radical (unpaired) electrons. The molecule has 2 amide bonds. The molecule has 2 aromatic rings. The lowest BCUT2D eigenvalue weighted by Crippen LogP contribution is -2.48. The molecule has 8 heteroatoms. The van der Waals surface area contributed by atoms with Crippen LogP contribution in [0.5, 0.6) is 0 Å². The molecule has 7 nitrogen and oxygen atoms in total. The third-order valence-corrected chi connectivity index (χ3v) is 6.74. The van der Waals surface area contributed by atoms with Gasteiger partial charge in [0.25, 0.3) is 0 Å². The Bertz CT molecular complexity index is 1050. The maximum atomic E-state index is 13.2. The monoisotopic (exact) mass is 473 g/mol. The Morgan fingerprint density at radius 2 is 1.70 bits per heavy atom. The Morgan fingerprint density at radius 1 is 1.03 bits per heavy atom. The molecule has 0 spiro atoms. The molecule has 0 aromatic heterocycles.